The van der Waals surface area contributed by atoms with Crippen LogP contribution in [0.15, 0.2) is 35.6 Å². The molecule has 32 heavy (non-hydrogen) atoms. The van der Waals surface area contributed by atoms with Crippen LogP contribution in [0.3, 0.4) is 0 Å². The van der Waals surface area contributed by atoms with Crippen LogP contribution in [-0.4, -0.2) is 46.1 Å². The Bertz CT molecular complexity index is 1100. The predicted octanol–water partition coefficient (Wildman–Crippen LogP) is 2.28. The van der Waals surface area contributed by atoms with E-state index in [9.17, 15) is 18.4 Å². The van der Waals surface area contributed by atoms with E-state index >= 15 is 0 Å². The SMILES string of the molecule is NC(=O)c1ccnc(N2C[C@H]3C[C@H](C(=O)N4N=CC[C@@H]4c4cc(F)ccc4F)C[C@H]3C2)n1. The molecule has 10 heteroatoms. The third-order valence-corrected chi connectivity index (χ3v) is 6.65. The molecule has 3 aliphatic rings. The molecule has 5 rings (SSSR count). The van der Waals surface area contributed by atoms with Crippen LogP contribution in [0.4, 0.5) is 14.7 Å². The largest absolute Gasteiger partial charge is 0.364 e. The normalized spacial score (nSPS) is 26.6. The summed E-state index contributed by atoms with van der Waals surface area (Å²) in [6.07, 6.45) is 4.81. The molecule has 0 radical (unpaired) electrons. The van der Waals surface area contributed by atoms with Crippen LogP contribution in [0.1, 0.15) is 41.4 Å². The number of carbonyl (C=O) groups excluding carboxylic acids is 2. The Morgan fingerprint density at radius 3 is 2.56 bits per heavy atom. The highest BCUT2D eigenvalue weighted by atomic mass is 19.1. The van der Waals surface area contributed by atoms with Crippen LogP contribution < -0.4 is 10.6 Å². The third kappa shape index (κ3) is 3.59. The molecule has 1 aromatic carbocycles. The summed E-state index contributed by atoms with van der Waals surface area (Å²) in [6.45, 7) is 1.36. The van der Waals surface area contributed by atoms with Crippen LogP contribution >= 0.6 is 0 Å². The fourth-order valence-corrected chi connectivity index (χ4v) is 5.14. The Balaban J connectivity index is 1.26. The van der Waals surface area contributed by atoms with Crippen LogP contribution in [0.2, 0.25) is 0 Å². The van der Waals surface area contributed by atoms with Gasteiger partial charge in [0, 0.05) is 43.4 Å². The number of primary amides is 1. The first-order valence-corrected chi connectivity index (χ1v) is 10.6. The van der Waals surface area contributed by atoms with Gasteiger partial charge >= 0.3 is 0 Å². The molecule has 1 saturated carbocycles. The van der Waals surface area contributed by atoms with Crippen molar-refractivity contribution in [2.24, 2.45) is 28.6 Å². The minimum atomic E-state index is -0.625. The van der Waals surface area contributed by atoms with Crippen molar-refractivity contribution in [3.63, 3.8) is 0 Å². The molecular formula is C22H22F2N6O2. The molecule has 8 nitrogen and oxygen atoms in total. The lowest BCUT2D eigenvalue weighted by atomic mass is 10.00. The fraction of sp³-hybridized carbons (Fsp3) is 0.409. The van der Waals surface area contributed by atoms with Gasteiger partial charge in [-0.2, -0.15) is 5.10 Å². The molecule has 2 N–H and O–H groups in total. The molecule has 1 aromatic heterocycles. The Kier molecular flexibility index (Phi) is 5.07. The Morgan fingerprint density at radius 1 is 1.09 bits per heavy atom. The maximum Gasteiger partial charge on any atom is 0.267 e. The highest BCUT2D eigenvalue weighted by Gasteiger charge is 2.46. The second kappa shape index (κ2) is 7.92. The van der Waals surface area contributed by atoms with Gasteiger partial charge in [0.2, 0.25) is 11.9 Å². The van der Waals surface area contributed by atoms with Gasteiger partial charge in [-0.25, -0.2) is 23.8 Å². The number of aromatic nitrogens is 2. The zero-order valence-corrected chi connectivity index (χ0v) is 17.2. The molecule has 2 aliphatic heterocycles. The summed E-state index contributed by atoms with van der Waals surface area (Å²) in [5.41, 5.74) is 5.62. The standard InChI is InChI=1S/C22H22F2N6O2/c23-15-1-2-17(24)16(9-15)19-4-6-27-30(19)21(32)12-7-13-10-29(11-14(13)8-12)22-26-5-3-18(28-22)20(25)31/h1-3,5-6,9,12-14,19H,4,7-8,10-11H2,(H2,25,31)/t12-,13+,14-,19-/m1/s1. The van der Waals surface area contributed by atoms with Gasteiger partial charge in [0.25, 0.3) is 5.91 Å². The Labute approximate surface area is 183 Å². The van der Waals surface area contributed by atoms with E-state index in [1.54, 1.807) is 6.21 Å². The lowest BCUT2D eigenvalue weighted by molar-refractivity contribution is -0.137. The minimum absolute atomic E-state index is 0.145. The molecule has 0 spiro atoms. The zero-order chi connectivity index (χ0) is 22.4. The van der Waals surface area contributed by atoms with Gasteiger partial charge in [-0.15, -0.1) is 0 Å². The first-order chi connectivity index (χ1) is 15.4. The van der Waals surface area contributed by atoms with E-state index in [2.05, 4.69) is 15.1 Å². The number of anilines is 1. The summed E-state index contributed by atoms with van der Waals surface area (Å²) in [5.74, 6) is -1.05. The van der Waals surface area contributed by atoms with Gasteiger partial charge in [-0.1, -0.05) is 0 Å². The maximum atomic E-state index is 14.3. The quantitative estimate of drug-likeness (QED) is 0.785. The topological polar surface area (TPSA) is 105 Å². The van der Waals surface area contributed by atoms with Crippen LogP contribution in [-0.2, 0) is 4.79 Å². The number of amides is 2. The predicted molar refractivity (Wildman–Crippen MR) is 112 cm³/mol. The Morgan fingerprint density at radius 2 is 1.84 bits per heavy atom. The van der Waals surface area contributed by atoms with E-state index in [4.69, 9.17) is 5.73 Å². The highest BCUT2D eigenvalue weighted by Crippen LogP contribution is 2.44. The lowest BCUT2D eigenvalue weighted by Gasteiger charge is -2.26. The number of nitrogens with two attached hydrogens (primary N) is 1. The van der Waals surface area contributed by atoms with Gasteiger partial charge in [0.1, 0.15) is 17.3 Å². The number of benzene rings is 1. The van der Waals surface area contributed by atoms with E-state index in [0.29, 0.717) is 38.3 Å². The van der Waals surface area contributed by atoms with Crippen molar-refractivity contribution in [3.05, 3.63) is 53.4 Å². The molecule has 0 bridgehead atoms. The maximum absolute atomic E-state index is 14.3. The molecule has 4 atom stereocenters. The molecular weight excluding hydrogens is 418 g/mol. The number of hydrogen-bond acceptors (Lipinski definition) is 6. The number of hydrazone groups is 1. The molecule has 2 amide bonds. The number of nitrogens with zero attached hydrogens (tertiary/aromatic N) is 5. The molecule has 3 heterocycles. The second-order valence-electron chi connectivity index (χ2n) is 8.60. The van der Waals surface area contributed by atoms with Crippen LogP contribution in [0.25, 0.3) is 0 Å². The first-order valence-electron chi connectivity index (χ1n) is 10.6. The summed E-state index contributed by atoms with van der Waals surface area (Å²) in [5, 5.41) is 5.51. The third-order valence-electron chi connectivity index (χ3n) is 6.65. The molecule has 2 fully saturated rings. The zero-order valence-electron chi connectivity index (χ0n) is 17.2. The molecule has 2 aromatic rings. The van der Waals surface area contributed by atoms with E-state index in [-0.39, 0.29) is 34.9 Å². The minimum Gasteiger partial charge on any atom is -0.364 e. The first kappa shape index (κ1) is 20.5. The summed E-state index contributed by atoms with van der Waals surface area (Å²) in [6, 6.07) is 4.13. The number of halogens is 2. The van der Waals surface area contributed by atoms with Crippen molar-refractivity contribution in [3.8, 4) is 0 Å². The van der Waals surface area contributed by atoms with Crippen LogP contribution in [0.5, 0.6) is 0 Å². The monoisotopic (exact) mass is 440 g/mol. The summed E-state index contributed by atoms with van der Waals surface area (Å²) < 4.78 is 28.0. The average molecular weight is 440 g/mol. The molecule has 1 saturated heterocycles. The van der Waals surface area contributed by atoms with Gasteiger partial charge < -0.3 is 10.6 Å². The average Bonchev–Trinajstić information content (AvgIpc) is 3.50. The van der Waals surface area contributed by atoms with E-state index in [1.165, 1.54) is 17.3 Å². The smallest absolute Gasteiger partial charge is 0.267 e. The number of carbonyl (C=O) groups is 2. The van der Waals surface area contributed by atoms with Crippen molar-refractivity contribution >= 4 is 24.0 Å². The molecule has 166 valence electrons. The van der Waals surface area contributed by atoms with Crippen molar-refractivity contribution in [2.45, 2.75) is 25.3 Å². The van der Waals surface area contributed by atoms with E-state index < -0.39 is 23.6 Å². The second-order valence-corrected chi connectivity index (χ2v) is 8.60. The van der Waals surface area contributed by atoms with E-state index in [0.717, 1.165) is 18.2 Å². The van der Waals surface area contributed by atoms with Gasteiger partial charge in [0.05, 0.1) is 6.04 Å². The van der Waals surface area contributed by atoms with Crippen molar-refractivity contribution in [1.29, 1.82) is 0 Å². The molecule has 0 unspecified atom stereocenters. The van der Waals surface area contributed by atoms with Gasteiger partial charge in [-0.3, -0.25) is 9.59 Å². The number of rotatable bonds is 4. The van der Waals surface area contributed by atoms with Crippen molar-refractivity contribution < 1.29 is 18.4 Å². The number of hydrogen-bond donors (Lipinski definition) is 1. The van der Waals surface area contributed by atoms with Crippen LogP contribution in [0, 0.1) is 29.4 Å². The highest BCUT2D eigenvalue weighted by molar-refractivity contribution is 5.90. The van der Waals surface area contributed by atoms with Gasteiger partial charge in [0.15, 0.2) is 0 Å². The van der Waals surface area contributed by atoms with Gasteiger partial charge in [-0.05, 0) is 48.9 Å². The Hall–Kier alpha value is -3.43. The van der Waals surface area contributed by atoms with Crippen molar-refractivity contribution in [2.75, 3.05) is 18.0 Å². The summed E-state index contributed by atoms with van der Waals surface area (Å²) >= 11 is 0. The lowest BCUT2D eigenvalue weighted by Crippen LogP contribution is -2.33. The molecule has 1 aliphatic carbocycles. The fourth-order valence-electron chi connectivity index (χ4n) is 5.14. The van der Waals surface area contributed by atoms with E-state index in [1.807, 2.05) is 4.90 Å². The van der Waals surface area contributed by atoms with Crippen molar-refractivity contribution in [1.82, 2.24) is 15.0 Å². The number of fused-ring (bicyclic) bond motifs is 1. The summed E-state index contributed by atoms with van der Waals surface area (Å²) in [4.78, 5) is 35.1. The summed E-state index contributed by atoms with van der Waals surface area (Å²) in [7, 11) is 0.